The molecule has 0 bridgehead atoms. The van der Waals surface area contributed by atoms with Crippen LogP contribution >= 0.6 is 0 Å². The minimum atomic E-state index is -0.875. The minimum absolute atomic E-state index is 0.0347. The van der Waals surface area contributed by atoms with Gasteiger partial charge in [0, 0.05) is 25.2 Å². The Morgan fingerprint density at radius 1 is 1.21 bits per heavy atom. The monoisotopic (exact) mass is 340 g/mol. The number of carbonyl (C=O) groups is 4. The van der Waals surface area contributed by atoms with Crippen molar-refractivity contribution in [1.82, 2.24) is 10.0 Å². The SMILES string of the molecule is CC(C)=O.NN.NNc1ccncc1C(=O)ON1C(=O)CCC1=O. The van der Waals surface area contributed by atoms with Crippen LogP contribution in [-0.2, 0) is 19.2 Å². The van der Waals surface area contributed by atoms with Gasteiger partial charge in [0.1, 0.15) is 11.3 Å². The number of hydrogen-bond donors (Lipinski definition) is 4. The molecule has 132 valence electrons. The smallest absolute Gasteiger partial charge is 0.325 e. The van der Waals surface area contributed by atoms with Crippen LogP contribution in [-0.4, -0.2) is 33.6 Å². The molecule has 11 nitrogen and oxygen atoms in total. The lowest BCUT2D eigenvalue weighted by atomic mass is 10.2. The number of carbonyl (C=O) groups excluding carboxylic acids is 4. The number of aromatic nitrogens is 1. The number of nitrogens with one attached hydrogen (secondary N) is 1. The fraction of sp³-hybridized carbons (Fsp3) is 0.308. The van der Waals surface area contributed by atoms with Gasteiger partial charge in [0.25, 0.3) is 11.8 Å². The fourth-order valence-corrected chi connectivity index (χ4v) is 1.47. The maximum atomic E-state index is 11.8. The molecule has 2 amide bonds. The largest absolute Gasteiger partial charge is 0.367 e. The van der Waals surface area contributed by atoms with Crippen LogP contribution in [0.5, 0.6) is 0 Å². The number of pyridine rings is 1. The summed E-state index contributed by atoms with van der Waals surface area (Å²) in [6, 6.07) is 1.46. The van der Waals surface area contributed by atoms with Gasteiger partial charge in [-0.1, -0.05) is 0 Å². The maximum absolute atomic E-state index is 11.8. The first-order valence-corrected chi connectivity index (χ1v) is 6.66. The van der Waals surface area contributed by atoms with Crippen molar-refractivity contribution in [2.24, 2.45) is 17.5 Å². The van der Waals surface area contributed by atoms with Gasteiger partial charge in [-0.2, -0.15) is 0 Å². The lowest BCUT2D eigenvalue weighted by Gasteiger charge is -2.13. The van der Waals surface area contributed by atoms with Crippen LogP contribution in [0.3, 0.4) is 0 Å². The van der Waals surface area contributed by atoms with E-state index in [1.807, 2.05) is 0 Å². The van der Waals surface area contributed by atoms with Gasteiger partial charge in [-0.05, 0) is 19.9 Å². The third kappa shape index (κ3) is 6.48. The number of nitrogens with two attached hydrogens (primary N) is 3. The molecule has 1 aliphatic rings. The second-order valence-electron chi connectivity index (χ2n) is 4.43. The summed E-state index contributed by atoms with van der Waals surface area (Å²) in [6.45, 7) is 3.06. The highest BCUT2D eigenvalue weighted by Gasteiger charge is 2.33. The minimum Gasteiger partial charge on any atom is -0.325 e. The number of Topliss-reactive ketones (excluding diaryl/α,β-unsaturated/α-hetero) is 1. The van der Waals surface area contributed by atoms with E-state index in [1.54, 1.807) is 0 Å². The summed E-state index contributed by atoms with van der Waals surface area (Å²) in [5, 5.41) is 0.468. The van der Waals surface area contributed by atoms with E-state index in [0.29, 0.717) is 5.06 Å². The van der Waals surface area contributed by atoms with Crippen LogP contribution in [0.2, 0.25) is 0 Å². The normalized spacial score (nSPS) is 12.5. The zero-order valence-electron chi connectivity index (χ0n) is 13.3. The number of hydrogen-bond acceptors (Lipinski definition) is 10. The molecule has 11 heteroatoms. The highest BCUT2D eigenvalue weighted by molar-refractivity contribution is 6.03. The summed E-state index contributed by atoms with van der Waals surface area (Å²) in [5.74, 6) is 11.4. The molecule has 0 unspecified atom stereocenters. The van der Waals surface area contributed by atoms with Gasteiger partial charge in [0.05, 0.1) is 5.69 Å². The van der Waals surface area contributed by atoms with Crippen molar-refractivity contribution in [3.05, 3.63) is 24.0 Å². The molecule has 1 aromatic rings. The zero-order valence-corrected chi connectivity index (χ0v) is 13.3. The molecule has 0 atom stereocenters. The zero-order chi connectivity index (χ0) is 18.7. The molecule has 7 N–H and O–H groups in total. The predicted molar refractivity (Wildman–Crippen MR) is 83.3 cm³/mol. The van der Waals surface area contributed by atoms with Gasteiger partial charge >= 0.3 is 5.97 Å². The van der Waals surface area contributed by atoms with Gasteiger partial charge < -0.3 is 15.1 Å². The Bertz CT molecular complexity index is 586. The molecule has 1 saturated heterocycles. The number of hydroxylamine groups is 2. The molecule has 0 radical (unpaired) electrons. The van der Waals surface area contributed by atoms with Crippen LogP contribution in [0.4, 0.5) is 5.69 Å². The van der Waals surface area contributed by atoms with E-state index in [2.05, 4.69) is 22.1 Å². The maximum Gasteiger partial charge on any atom is 0.367 e. The van der Waals surface area contributed by atoms with Crippen LogP contribution in [0.25, 0.3) is 0 Å². The van der Waals surface area contributed by atoms with Crippen molar-refractivity contribution >= 4 is 29.3 Å². The summed E-state index contributed by atoms with van der Waals surface area (Å²) in [7, 11) is 0. The third-order valence-corrected chi connectivity index (χ3v) is 2.38. The van der Waals surface area contributed by atoms with E-state index in [4.69, 9.17) is 10.7 Å². The molecule has 0 aromatic carbocycles. The average Bonchev–Trinajstić information content (AvgIpc) is 2.88. The van der Waals surface area contributed by atoms with E-state index >= 15 is 0 Å². The third-order valence-electron chi connectivity index (χ3n) is 2.38. The standard InChI is InChI=1S/C10H10N4O4.C3H6O.H4N2/c11-13-7-3-4-12-5-6(7)10(17)18-14-8(15)1-2-9(14)16;1-3(2)4;1-2/h3-5H,1-2,11H2,(H,12,13);1-2H3;1-2H2. The number of hydrazine groups is 2. The summed E-state index contributed by atoms with van der Waals surface area (Å²) in [6.07, 6.45) is 2.74. The van der Waals surface area contributed by atoms with Crippen LogP contribution in [0.15, 0.2) is 18.5 Å². The molecular formula is C13H20N6O5. The van der Waals surface area contributed by atoms with Gasteiger partial charge in [0.2, 0.25) is 0 Å². The van der Waals surface area contributed by atoms with Crippen molar-refractivity contribution in [2.75, 3.05) is 5.43 Å². The molecule has 0 spiro atoms. The topological polar surface area (TPSA) is 184 Å². The van der Waals surface area contributed by atoms with E-state index < -0.39 is 17.8 Å². The summed E-state index contributed by atoms with van der Waals surface area (Å²) in [5.41, 5.74) is 2.62. The summed E-state index contributed by atoms with van der Waals surface area (Å²) < 4.78 is 0. The Labute approximate surface area is 138 Å². The molecule has 24 heavy (non-hydrogen) atoms. The van der Waals surface area contributed by atoms with Crippen LogP contribution in [0.1, 0.15) is 37.0 Å². The summed E-state index contributed by atoms with van der Waals surface area (Å²) in [4.78, 5) is 52.2. The Morgan fingerprint density at radius 2 is 1.71 bits per heavy atom. The van der Waals surface area contributed by atoms with Crippen molar-refractivity contribution in [3.8, 4) is 0 Å². The predicted octanol–water partition coefficient (Wildman–Crippen LogP) is -0.998. The number of anilines is 1. The Kier molecular flexibility index (Phi) is 9.48. The Hall–Kier alpha value is -2.89. The summed E-state index contributed by atoms with van der Waals surface area (Å²) >= 11 is 0. The number of imide groups is 1. The lowest BCUT2D eigenvalue weighted by Crippen LogP contribution is -2.32. The first-order valence-electron chi connectivity index (χ1n) is 6.66. The first kappa shape index (κ1) is 21.1. The molecule has 1 aliphatic heterocycles. The van der Waals surface area contributed by atoms with Gasteiger partial charge in [-0.3, -0.25) is 32.1 Å². The molecule has 1 fully saturated rings. The van der Waals surface area contributed by atoms with Crippen molar-refractivity contribution < 1.29 is 24.0 Å². The van der Waals surface area contributed by atoms with E-state index in [9.17, 15) is 19.2 Å². The molecule has 1 aromatic heterocycles. The van der Waals surface area contributed by atoms with E-state index in [1.165, 1.54) is 32.3 Å². The van der Waals surface area contributed by atoms with E-state index in [0.717, 1.165) is 0 Å². The van der Waals surface area contributed by atoms with Crippen LogP contribution in [0, 0.1) is 0 Å². The van der Waals surface area contributed by atoms with Crippen molar-refractivity contribution in [2.45, 2.75) is 26.7 Å². The Balaban J connectivity index is 0.000000773. The fourth-order valence-electron chi connectivity index (χ4n) is 1.47. The lowest BCUT2D eigenvalue weighted by molar-refractivity contribution is -0.172. The van der Waals surface area contributed by atoms with Crippen molar-refractivity contribution in [3.63, 3.8) is 0 Å². The highest BCUT2D eigenvalue weighted by Crippen LogP contribution is 2.17. The molecular weight excluding hydrogens is 320 g/mol. The number of amides is 2. The van der Waals surface area contributed by atoms with Gasteiger partial charge in [-0.25, -0.2) is 4.79 Å². The molecule has 2 rings (SSSR count). The molecule has 0 aliphatic carbocycles. The Morgan fingerprint density at radius 3 is 2.17 bits per heavy atom. The number of nitrogen functional groups attached to an aromatic ring is 1. The second-order valence-corrected chi connectivity index (χ2v) is 4.43. The molecule has 2 heterocycles. The highest BCUT2D eigenvalue weighted by atomic mass is 16.7. The second kappa shape index (κ2) is 10.8. The number of nitrogens with zero attached hydrogens (tertiary/aromatic N) is 2. The first-order chi connectivity index (χ1) is 11.4. The van der Waals surface area contributed by atoms with Gasteiger partial charge in [0.15, 0.2) is 0 Å². The molecule has 0 saturated carbocycles. The number of rotatable bonds is 3. The quantitative estimate of drug-likeness (QED) is 0.302. The van der Waals surface area contributed by atoms with Crippen LogP contribution < -0.4 is 23.0 Å². The van der Waals surface area contributed by atoms with Crippen molar-refractivity contribution in [1.29, 1.82) is 0 Å². The van der Waals surface area contributed by atoms with Gasteiger partial charge in [-0.15, -0.1) is 5.06 Å². The van der Waals surface area contributed by atoms with E-state index in [-0.39, 0.29) is 29.9 Å². The number of ketones is 1. The average molecular weight is 340 g/mol.